The van der Waals surface area contributed by atoms with Crippen LogP contribution in [0.25, 0.3) is 0 Å². The molecule has 3 heterocycles. The molecular formula is C17H29N3S. The summed E-state index contributed by atoms with van der Waals surface area (Å²) in [4.78, 5) is 9.04. The van der Waals surface area contributed by atoms with E-state index in [9.17, 15) is 0 Å². The lowest BCUT2D eigenvalue weighted by atomic mass is 9.82. The lowest BCUT2D eigenvalue weighted by molar-refractivity contribution is 0.245. The van der Waals surface area contributed by atoms with Gasteiger partial charge in [0.1, 0.15) is 0 Å². The molecule has 118 valence electrons. The number of aromatic nitrogens is 1. The summed E-state index contributed by atoms with van der Waals surface area (Å²) >= 11 is 1.92. The van der Waals surface area contributed by atoms with Crippen molar-refractivity contribution in [2.45, 2.75) is 83.8 Å². The molecule has 2 fully saturated rings. The van der Waals surface area contributed by atoms with Crippen molar-refractivity contribution in [2.24, 2.45) is 0 Å². The fourth-order valence-electron chi connectivity index (χ4n) is 4.06. The molecule has 0 saturated carbocycles. The van der Waals surface area contributed by atoms with Crippen LogP contribution in [0.2, 0.25) is 0 Å². The van der Waals surface area contributed by atoms with Crippen molar-refractivity contribution >= 4 is 16.5 Å². The third-order valence-corrected chi connectivity index (χ3v) is 6.12. The van der Waals surface area contributed by atoms with Crippen molar-refractivity contribution in [3.8, 4) is 0 Å². The number of hydrogen-bond acceptors (Lipinski definition) is 4. The highest BCUT2D eigenvalue weighted by Crippen LogP contribution is 2.40. The standard InChI is InChI=1S/C17H29N3S/c1-4-9-18-13-10-14-7-6-8-15(11-13)20(14)17-19-16(5-2)12(3)21-17/h13-15,18H,4-11H2,1-3H3. The van der Waals surface area contributed by atoms with E-state index in [-0.39, 0.29) is 0 Å². The summed E-state index contributed by atoms with van der Waals surface area (Å²) in [6, 6.07) is 2.15. The zero-order chi connectivity index (χ0) is 14.8. The van der Waals surface area contributed by atoms with Crippen LogP contribution in [0, 0.1) is 6.92 Å². The molecule has 0 radical (unpaired) electrons. The minimum absolute atomic E-state index is 0.710. The Bertz CT molecular complexity index is 457. The maximum absolute atomic E-state index is 4.95. The van der Waals surface area contributed by atoms with E-state index in [0.717, 1.165) is 12.5 Å². The number of nitrogens with zero attached hydrogens (tertiary/aromatic N) is 2. The van der Waals surface area contributed by atoms with Crippen molar-refractivity contribution < 1.29 is 0 Å². The largest absolute Gasteiger partial charge is 0.342 e. The average molecular weight is 308 g/mol. The number of rotatable bonds is 5. The number of aryl methyl sites for hydroxylation is 2. The Labute approximate surface area is 133 Å². The molecule has 4 heteroatoms. The number of fused-ring (bicyclic) bond motifs is 2. The second-order valence-electron chi connectivity index (χ2n) is 6.62. The molecule has 0 aromatic carbocycles. The lowest BCUT2D eigenvalue weighted by Crippen LogP contribution is -2.56. The molecule has 3 rings (SSSR count). The summed E-state index contributed by atoms with van der Waals surface area (Å²) in [6.45, 7) is 7.87. The summed E-state index contributed by atoms with van der Waals surface area (Å²) < 4.78 is 0. The van der Waals surface area contributed by atoms with Crippen LogP contribution in [0.15, 0.2) is 0 Å². The van der Waals surface area contributed by atoms with Gasteiger partial charge in [0.05, 0.1) is 5.69 Å². The van der Waals surface area contributed by atoms with E-state index in [0.29, 0.717) is 12.1 Å². The summed E-state index contributed by atoms with van der Waals surface area (Å²) in [5, 5.41) is 5.06. The normalized spacial score (nSPS) is 28.9. The highest BCUT2D eigenvalue weighted by molar-refractivity contribution is 7.15. The van der Waals surface area contributed by atoms with Crippen molar-refractivity contribution in [2.75, 3.05) is 11.4 Å². The van der Waals surface area contributed by atoms with Gasteiger partial charge in [0.25, 0.3) is 0 Å². The van der Waals surface area contributed by atoms with E-state index in [4.69, 9.17) is 4.98 Å². The van der Waals surface area contributed by atoms with Crippen LogP contribution >= 0.6 is 11.3 Å². The van der Waals surface area contributed by atoms with Gasteiger partial charge >= 0.3 is 0 Å². The van der Waals surface area contributed by atoms with E-state index in [1.165, 1.54) is 60.8 Å². The maximum atomic E-state index is 4.95. The minimum Gasteiger partial charge on any atom is -0.342 e. The number of piperidine rings is 2. The molecule has 1 N–H and O–H groups in total. The van der Waals surface area contributed by atoms with Gasteiger partial charge in [-0.3, -0.25) is 0 Å². The van der Waals surface area contributed by atoms with Crippen LogP contribution in [-0.2, 0) is 6.42 Å². The first kappa shape index (κ1) is 15.3. The fourth-order valence-corrected chi connectivity index (χ4v) is 5.20. The molecule has 2 atom stereocenters. The molecule has 0 aliphatic carbocycles. The number of thiazole rings is 1. The Kier molecular flexibility index (Phi) is 4.85. The SMILES string of the molecule is CCCNC1CC2CCCC(C1)N2c1nc(CC)c(C)s1. The molecule has 1 aromatic heterocycles. The van der Waals surface area contributed by atoms with Crippen LogP contribution in [0.1, 0.15) is 62.9 Å². The average Bonchev–Trinajstić information content (AvgIpc) is 2.84. The van der Waals surface area contributed by atoms with E-state index in [2.05, 4.69) is 31.0 Å². The van der Waals surface area contributed by atoms with Gasteiger partial charge in [-0.05, 0) is 58.4 Å². The smallest absolute Gasteiger partial charge is 0.186 e. The van der Waals surface area contributed by atoms with Gasteiger partial charge < -0.3 is 10.2 Å². The molecule has 3 nitrogen and oxygen atoms in total. The molecule has 2 saturated heterocycles. The number of nitrogens with one attached hydrogen (secondary N) is 1. The van der Waals surface area contributed by atoms with Crippen LogP contribution in [0.3, 0.4) is 0 Å². The minimum atomic E-state index is 0.710. The predicted molar refractivity (Wildman–Crippen MR) is 91.5 cm³/mol. The summed E-state index contributed by atoms with van der Waals surface area (Å²) in [7, 11) is 0. The van der Waals surface area contributed by atoms with Crippen molar-refractivity contribution in [1.82, 2.24) is 10.3 Å². The quantitative estimate of drug-likeness (QED) is 0.894. The molecule has 0 spiro atoms. The molecule has 2 aliphatic rings. The Morgan fingerprint density at radius 1 is 1.24 bits per heavy atom. The highest BCUT2D eigenvalue weighted by Gasteiger charge is 2.39. The third kappa shape index (κ3) is 3.11. The zero-order valence-corrected chi connectivity index (χ0v) is 14.5. The topological polar surface area (TPSA) is 28.2 Å². The van der Waals surface area contributed by atoms with E-state index in [1.54, 1.807) is 0 Å². The van der Waals surface area contributed by atoms with Crippen LogP contribution in [0.5, 0.6) is 0 Å². The number of anilines is 1. The fraction of sp³-hybridized carbons (Fsp3) is 0.824. The van der Waals surface area contributed by atoms with E-state index < -0.39 is 0 Å². The van der Waals surface area contributed by atoms with Crippen LogP contribution in [-0.4, -0.2) is 29.7 Å². The molecule has 0 amide bonds. The first-order valence-electron chi connectivity index (χ1n) is 8.70. The Hall–Kier alpha value is -0.610. The van der Waals surface area contributed by atoms with Gasteiger partial charge in [-0.15, -0.1) is 11.3 Å². The van der Waals surface area contributed by atoms with Gasteiger partial charge in [-0.25, -0.2) is 4.98 Å². The maximum Gasteiger partial charge on any atom is 0.186 e. The molecule has 1 aromatic rings. The molecule has 2 bridgehead atoms. The van der Waals surface area contributed by atoms with Crippen LogP contribution < -0.4 is 10.2 Å². The molecular weight excluding hydrogens is 278 g/mol. The monoisotopic (exact) mass is 307 g/mol. The summed E-state index contributed by atoms with van der Waals surface area (Å²) in [5.74, 6) is 0. The number of hydrogen-bond donors (Lipinski definition) is 1. The third-order valence-electron chi connectivity index (χ3n) is 5.09. The summed E-state index contributed by atoms with van der Waals surface area (Å²) in [6.07, 6.45) is 9.00. The first-order valence-corrected chi connectivity index (χ1v) is 9.52. The Morgan fingerprint density at radius 3 is 2.52 bits per heavy atom. The highest BCUT2D eigenvalue weighted by atomic mass is 32.1. The van der Waals surface area contributed by atoms with Crippen molar-refractivity contribution in [1.29, 1.82) is 0 Å². The molecule has 2 unspecified atom stereocenters. The zero-order valence-electron chi connectivity index (χ0n) is 13.7. The second-order valence-corrected chi connectivity index (χ2v) is 7.80. The Balaban J connectivity index is 1.76. The van der Waals surface area contributed by atoms with Crippen molar-refractivity contribution in [3.63, 3.8) is 0 Å². The molecule has 21 heavy (non-hydrogen) atoms. The summed E-state index contributed by atoms with van der Waals surface area (Å²) in [5.41, 5.74) is 1.30. The Morgan fingerprint density at radius 2 is 1.95 bits per heavy atom. The lowest BCUT2D eigenvalue weighted by Gasteiger charge is -2.49. The van der Waals surface area contributed by atoms with E-state index >= 15 is 0 Å². The van der Waals surface area contributed by atoms with Gasteiger partial charge in [0.15, 0.2) is 5.13 Å². The first-order chi connectivity index (χ1) is 10.2. The van der Waals surface area contributed by atoms with Crippen molar-refractivity contribution in [3.05, 3.63) is 10.6 Å². The molecule has 2 aliphatic heterocycles. The van der Waals surface area contributed by atoms with Crippen LogP contribution in [0.4, 0.5) is 5.13 Å². The van der Waals surface area contributed by atoms with Gasteiger partial charge in [0, 0.05) is 23.0 Å². The van der Waals surface area contributed by atoms with Gasteiger partial charge in [-0.1, -0.05) is 13.8 Å². The van der Waals surface area contributed by atoms with Gasteiger partial charge in [0.2, 0.25) is 0 Å². The predicted octanol–water partition coefficient (Wildman–Crippen LogP) is 3.90. The van der Waals surface area contributed by atoms with Gasteiger partial charge in [-0.2, -0.15) is 0 Å². The van der Waals surface area contributed by atoms with E-state index in [1.807, 2.05) is 11.3 Å². The second kappa shape index (κ2) is 6.66.